The Bertz CT molecular complexity index is 747. The quantitative estimate of drug-likeness (QED) is 0.692. The van der Waals surface area contributed by atoms with E-state index in [-0.39, 0.29) is 11.9 Å². The van der Waals surface area contributed by atoms with Crippen LogP contribution in [0.15, 0.2) is 70.9 Å². The Kier molecular flexibility index (Phi) is 5.00. The largest absolute Gasteiger partial charge is 0.469 e. The molecule has 0 aliphatic carbocycles. The minimum atomic E-state index is -0.755. The van der Waals surface area contributed by atoms with Crippen molar-refractivity contribution >= 4 is 21.8 Å². The van der Waals surface area contributed by atoms with E-state index in [4.69, 9.17) is 4.74 Å². The number of halogens is 1. The predicted molar refractivity (Wildman–Crippen MR) is 103 cm³/mol. The van der Waals surface area contributed by atoms with Gasteiger partial charge in [-0.25, -0.2) is 0 Å². The first-order valence-electron chi connectivity index (χ1n) is 8.48. The maximum atomic E-state index is 12.8. The highest BCUT2D eigenvalue weighted by molar-refractivity contribution is 9.11. The highest BCUT2D eigenvalue weighted by Gasteiger charge is 2.51. The smallest absolute Gasteiger partial charge is 0.289 e. The summed E-state index contributed by atoms with van der Waals surface area (Å²) in [4.78, 5) is 14.6. The molecule has 1 amide bonds. The van der Waals surface area contributed by atoms with Crippen LogP contribution in [0.2, 0.25) is 0 Å². The summed E-state index contributed by atoms with van der Waals surface area (Å²) >= 11 is 3.53. The van der Waals surface area contributed by atoms with Crippen molar-refractivity contribution in [3.8, 4) is 0 Å². The van der Waals surface area contributed by atoms with Crippen molar-refractivity contribution in [1.29, 1.82) is 0 Å². The molecular formula is C21H22BrNO2. The molecule has 0 unspecified atom stereocenters. The van der Waals surface area contributed by atoms with E-state index in [1.54, 1.807) is 4.90 Å². The van der Waals surface area contributed by atoms with Gasteiger partial charge in [-0.05, 0) is 13.3 Å². The zero-order valence-electron chi connectivity index (χ0n) is 14.7. The summed E-state index contributed by atoms with van der Waals surface area (Å²) in [5, 5.41) is 0. The maximum absolute atomic E-state index is 12.8. The molecule has 1 fully saturated rings. The zero-order chi connectivity index (χ0) is 18.0. The molecule has 1 aliphatic heterocycles. The minimum absolute atomic E-state index is 0.0938. The second-order valence-corrected chi connectivity index (χ2v) is 7.21. The van der Waals surface area contributed by atoms with Gasteiger partial charge in [0.25, 0.3) is 5.91 Å². The van der Waals surface area contributed by atoms with Crippen molar-refractivity contribution < 1.29 is 9.53 Å². The third kappa shape index (κ3) is 2.89. The Morgan fingerprint density at radius 1 is 1.08 bits per heavy atom. The molecule has 0 bridgehead atoms. The average molecular weight is 400 g/mol. The third-order valence-electron chi connectivity index (χ3n) is 4.91. The monoisotopic (exact) mass is 399 g/mol. The molecule has 2 aromatic rings. The molecule has 3 nitrogen and oxygen atoms in total. The topological polar surface area (TPSA) is 29.5 Å². The number of allylic oxidation sites excluding steroid dienone is 1. The molecule has 0 saturated carbocycles. The molecule has 0 N–H and O–H groups in total. The fourth-order valence-electron chi connectivity index (χ4n) is 3.37. The van der Waals surface area contributed by atoms with Gasteiger partial charge < -0.3 is 9.64 Å². The Morgan fingerprint density at radius 3 is 2.00 bits per heavy atom. The van der Waals surface area contributed by atoms with Gasteiger partial charge in [-0.1, -0.05) is 83.5 Å². The number of ether oxygens (including phenoxy) is 1. The lowest BCUT2D eigenvalue weighted by molar-refractivity contribution is -0.152. The van der Waals surface area contributed by atoms with E-state index >= 15 is 0 Å². The van der Waals surface area contributed by atoms with Gasteiger partial charge in [-0.3, -0.25) is 4.79 Å². The number of carbonyl (C=O) groups is 1. The molecule has 4 heteroatoms. The number of hydrogen-bond acceptors (Lipinski definition) is 2. The summed E-state index contributed by atoms with van der Waals surface area (Å²) < 4.78 is 7.32. The van der Waals surface area contributed by atoms with Crippen LogP contribution in [0.4, 0.5) is 0 Å². The van der Waals surface area contributed by atoms with Crippen molar-refractivity contribution in [3.63, 3.8) is 0 Å². The van der Waals surface area contributed by atoms with E-state index in [1.807, 2.05) is 57.3 Å². The van der Waals surface area contributed by atoms with Crippen molar-refractivity contribution in [2.45, 2.75) is 31.9 Å². The number of amides is 1. The second kappa shape index (κ2) is 7.04. The molecule has 1 aliphatic rings. The van der Waals surface area contributed by atoms with Gasteiger partial charge in [0.1, 0.15) is 0 Å². The Morgan fingerprint density at radius 2 is 1.56 bits per heavy atom. The highest BCUT2D eigenvalue weighted by Crippen LogP contribution is 2.45. The van der Waals surface area contributed by atoms with Gasteiger partial charge in [-0.15, -0.1) is 0 Å². The normalized spacial score (nSPS) is 21.7. The summed E-state index contributed by atoms with van der Waals surface area (Å²) in [5.41, 5.74) is 1.30. The molecule has 1 saturated heterocycles. The van der Waals surface area contributed by atoms with E-state index in [0.717, 1.165) is 15.6 Å². The van der Waals surface area contributed by atoms with E-state index in [9.17, 15) is 4.79 Å². The van der Waals surface area contributed by atoms with Crippen molar-refractivity contribution in [2.24, 2.45) is 0 Å². The summed E-state index contributed by atoms with van der Waals surface area (Å²) in [6.45, 7) is 4.03. The van der Waals surface area contributed by atoms with E-state index in [0.29, 0.717) is 12.2 Å². The van der Waals surface area contributed by atoms with Gasteiger partial charge in [0.2, 0.25) is 0 Å². The minimum Gasteiger partial charge on any atom is -0.469 e. The first-order chi connectivity index (χ1) is 12.0. The summed E-state index contributed by atoms with van der Waals surface area (Å²) in [6, 6.07) is 20.1. The fourth-order valence-corrected chi connectivity index (χ4v) is 3.62. The Labute approximate surface area is 157 Å². The number of nitrogens with zero attached hydrogens (tertiary/aromatic N) is 1. The van der Waals surface area contributed by atoms with Crippen LogP contribution in [0.25, 0.3) is 0 Å². The van der Waals surface area contributed by atoms with Gasteiger partial charge in [-0.2, -0.15) is 0 Å². The van der Waals surface area contributed by atoms with Crippen LogP contribution in [0, 0.1) is 0 Å². The van der Waals surface area contributed by atoms with Crippen LogP contribution >= 0.6 is 15.9 Å². The number of hydrogen-bond donors (Lipinski definition) is 0. The number of likely N-dealkylation sites (N-methyl/N-ethyl adjacent to an activating group) is 1. The van der Waals surface area contributed by atoms with Crippen LogP contribution in [0.3, 0.4) is 0 Å². The SMILES string of the molecule is CC/C(Br)=C1/OC(c2ccccc2)(c2ccccc2)[C@H](C)N(C)C1=O. The standard InChI is InChI=1S/C21H22BrNO2/c1-4-18(22)19-20(24)23(3)15(2)21(25-19,16-11-7-5-8-12-16)17-13-9-6-10-14-17/h5-15H,4H2,1-3H3/b19-18-/t15-/m0/s1. The van der Waals surface area contributed by atoms with Crippen LogP contribution in [-0.2, 0) is 15.1 Å². The molecular weight excluding hydrogens is 378 g/mol. The van der Waals surface area contributed by atoms with Gasteiger partial charge >= 0.3 is 0 Å². The first-order valence-corrected chi connectivity index (χ1v) is 9.27. The fraction of sp³-hybridized carbons (Fsp3) is 0.286. The summed E-state index contributed by atoms with van der Waals surface area (Å²) in [5.74, 6) is 0.291. The van der Waals surface area contributed by atoms with E-state index < -0.39 is 5.60 Å². The number of morpholine rings is 1. The van der Waals surface area contributed by atoms with Gasteiger partial charge in [0, 0.05) is 22.7 Å². The lowest BCUT2D eigenvalue weighted by Crippen LogP contribution is -2.57. The van der Waals surface area contributed by atoms with Crippen molar-refractivity contribution in [1.82, 2.24) is 4.90 Å². The van der Waals surface area contributed by atoms with Gasteiger partial charge in [0.05, 0.1) is 6.04 Å². The van der Waals surface area contributed by atoms with Crippen LogP contribution < -0.4 is 0 Å². The number of benzene rings is 2. The maximum Gasteiger partial charge on any atom is 0.289 e. The average Bonchev–Trinajstić information content (AvgIpc) is 2.67. The Hall–Kier alpha value is -2.07. The van der Waals surface area contributed by atoms with E-state index in [1.165, 1.54) is 0 Å². The molecule has 130 valence electrons. The van der Waals surface area contributed by atoms with Crippen LogP contribution in [0.5, 0.6) is 0 Å². The third-order valence-corrected chi connectivity index (χ3v) is 5.83. The van der Waals surface area contributed by atoms with Gasteiger partial charge in [0.15, 0.2) is 11.4 Å². The molecule has 0 spiro atoms. The molecule has 1 atom stereocenters. The molecule has 0 radical (unpaired) electrons. The van der Waals surface area contributed by atoms with E-state index in [2.05, 4.69) is 40.2 Å². The number of carbonyl (C=O) groups excluding carboxylic acids is 1. The lowest BCUT2D eigenvalue weighted by Gasteiger charge is -2.48. The predicted octanol–water partition coefficient (Wildman–Crippen LogP) is 4.82. The Balaban J connectivity index is 2.28. The summed E-state index contributed by atoms with van der Waals surface area (Å²) in [7, 11) is 1.84. The molecule has 0 aromatic heterocycles. The first kappa shape index (κ1) is 17.7. The van der Waals surface area contributed by atoms with Crippen molar-refractivity contribution in [3.05, 3.63) is 82.0 Å². The lowest BCUT2D eigenvalue weighted by atomic mass is 9.78. The van der Waals surface area contributed by atoms with Crippen molar-refractivity contribution in [2.75, 3.05) is 7.05 Å². The molecule has 25 heavy (non-hydrogen) atoms. The molecule has 1 heterocycles. The number of rotatable bonds is 3. The summed E-state index contributed by atoms with van der Waals surface area (Å²) in [6.07, 6.45) is 0.697. The molecule has 2 aromatic carbocycles. The zero-order valence-corrected chi connectivity index (χ0v) is 16.3. The van der Waals surface area contributed by atoms with Crippen LogP contribution in [-0.4, -0.2) is 23.9 Å². The van der Waals surface area contributed by atoms with Crippen LogP contribution in [0.1, 0.15) is 31.4 Å². The highest BCUT2D eigenvalue weighted by atomic mass is 79.9. The second-order valence-electron chi connectivity index (χ2n) is 6.25. The molecule has 3 rings (SSSR count).